The molecule has 0 aliphatic carbocycles. The molecule has 0 aromatic heterocycles. The van der Waals surface area contributed by atoms with Gasteiger partial charge in [0.1, 0.15) is 6.29 Å². The minimum Gasteiger partial charge on any atom is -0.491 e. The van der Waals surface area contributed by atoms with Gasteiger partial charge in [-0.25, -0.2) is 4.39 Å². The van der Waals surface area contributed by atoms with E-state index < -0.39 is 18.4 Å². The predicted molar refractivity (Wildman–Crippen MR) is 52.6 cm³/mol. The molecule has 0 saturated heterocycles. The lowest BCUT2D eigenvalue weighted by molar-refractivity contribution is -0.136. The van der Waals surface area contributed by atoms with Gasteiger partial charge in [-0.3, -0.25) is 4.79 Å². The third kappa shape index (κ3) is 4.84. The fourth-order valence-electron chi connectivity index (χ4n) is 1.16. The third-order valence-corrected chi connectivity index (χ3v) is 1.95. The van der Waals surface area contributed by atoms with Gasteiger partial charge in [0, 0.05) is 12.0 Å². The molecule has 17 heavy (non-hydrogen) atoms. The van der Waals surface area contributed by atoms with E-state index in [1.54, 1.807) is 0 Å². The van der Waals surface area contributed by atoms with Crippen molar-refractivity contribution in [3.63, 3.8) is 0 Å². The molecule has 0 aliphatic heterocycles. The zero-order valence-corrected chi connectivity index (χ0v) is 8.76. The van der Waals surface area contributed by atoms with Crippen molar-refractivity contribution < 1.29 is 27.1 Å². The number of alkyl halides is 3. The van der Waals surface area contributed by atoms with Crippen LogP contribution in [0.25, 0.3) is 0 Å². The molecular formula is C11H10F4O2. The van der Waals surface area contributed by atoms with Gasteiger partial charge < -0.3 is 4.74 Å². The van der Waals surface area contributed by atoms with Crippen molar-refractivity contribution in [1.29, 1.82) is 0 Å². The smallest absolute Gasteiger partial charge is 0.389 e. The Morgan fingerprint density at radius 3 is 2.53 bits per heavy atom. The van der Waals surface area contributed by atoms with Crippen molar-refractivity contribution in [2.75, 3.05) is 6.61 Å². The summed E-state index contributed by atoms with van der Waals surface area (Å²) in [5.74, 6) is -0.917. The van der Waals surface area contributed by atoms with Gasteiger partial charge in [0.15, 0.2) is 11.6 Å². The van der Waals surface area contributed by atoms with Gasteiger partial charge in [-0.2, -0.15) is 13.2 Å². The summed E-state index contributed by atoms with van der Waals surface area (Å²) in [7, 11) is 0. The highest BCUT2D eigenvalue weighted by atomic mass is 19.4. The molecule has 1 rings (SSSR count). The first kappa shape index (κ1) is 13.5. The summed E-state index contributed by atoms with van der Waals surface area (Å²) in [6.45, 7) is -0.225. The van der Waals surface area contributed by atoms with Crippen LogP contribution in [0.2, 0.25) is 0 Å². The summed E-state index contributed by atoms with van der Waals surface area (Å²) in [6, 6.07) is 3.51. The first-order valence-corrected chi connectivity index (χ1v) is 4.86. The zero-order valence-electron chi connectivity index (χ0n) is 8.76. The predicted octanol–water partition coefficient (Wildman–Crippen LogP) is 3.36. The maximum Gasteiger partial charge on any atom is 0.389 e. The van der Waals surface area contributed by atoms with Gasteiger partial charge in [0.2, 0.25) is 0 Å². The van der Waals surface area contributed by atoms with E-state index in [9.17, 15) is 22.4 Å². The summed E-state index contributed by atoms with van der Waals surface area (Å²) in [5.41, 5.74) is 0.144. The van der Waals surface area contributed by atoms with Crippen LogP contribution in [-0.4, -0.2) is 19.1 Å². The van der Waals surface area contributed by atoms with Crippen LogP contribution in [0.4, 0.5) is 17.6 Å². The molecule has 0 atom stereocenters. The van der Waals surface area contributed by atoms with Crippen LogP contribution in [0.5, 0.6) is 5.75 Å². The van der Waals surface area contributed by atoms with Gasteiger partial charge in [0.25, 0.3) is 0 Å². The Bertz CT molecular complexity index is 388. The molecule has 0 unspecified atom stereocenters. The Morgan fingerprint density at radius 2 is 2.00 bits per heavy atom. The molecule has 0 amide bonds. The van der Waals surface area contributed by atoms with Crippen molar-refractivity contribution >= 4 is 6.29 Å². The topological polar surface area (TPSA) is 26.3 Å². The van der Waals surface area contributed by atoms with Gasteiger partial charge in [0.05, 0.1) is 6.61 Å². The van der Waals surface area contributed by atoms with E-state index in [0.29, 0.717) is 6.29 Å². The Balaban J connectivity index is 2.44. The Labute approximate surface area is 95.2 Å². The van der Waals surface area contributed by atoms with Crippen molar-refractivity contribution in [2.45, 2.75) is 19.0 Å². The summed E-state index contributed by atoms with van der Waals surface area (Å²) < 4.78 is 53.4. The van der Waals surface area contributed by atoms with Crippen LogP contribution in [0.3, 0.4) is 0 Å². The van der Waals surface area contributed by atoms with Crippen molar-refractivity contribution in [3.05, 3.63) is 29.6 Å². The Hall–Kier alpha value is -1.59. The van der Waals surface area contributed by atoms with E-state index in [-0.39, 0.29) is 24.3 Å². The molecule has 0 aliphatic rings. The highest BCUT2D eigenvalue weighted by Crippen LogP contribution is 2.22. The SMILES string of the molecule is O=Cc1ccc(OCCCC(F)(F)F)c(F)c1. The minimum absolute atomic E-state index is 0.144. The molecule has 0 N–H and O–H groups in total. The van der Waals surface area contributed by atoms with Crippen LogP contribution < -0.4 is 4.74 Å². The molecule has 0 radical (unpaired) electrons. The van der Waals surface area contributed by atoms with E-state index in [4.69, 9.17) is 4.74 Å². The van der Waals surface area contributed by atoms with E-state index in [2.05, 4.69) is 0 Å². The van der Waals surface area contributed by atoms with E-state index in [1.165, 1.54) is 12.1 Å². The summed E-state index contributed by atoms with van der Waals surface area (Å²) >= 11 is 0. The second-order valence-electron chi connectivity index (χ2n) is 3.37. The highest BCUT2D eigenvalue weighted by molar-refractivity contribution is 5.74. The molecule has 1 aromatic carbocycles. The monoisotopic (exact) mass is 250 g/mol. The lowest BCUT2D eigenvalue weighted by Gasteiger charge is -2.08. The number of ether oxygens (including phenoxy) is 1. The number of carbonyl (C=O) groups is 1. The fourth-order valence-corrected chi connectivity index (χ4v) is 1.16. The average Bonchev–Trinajstić information content (AvgIpc) is 2.24. The summed E-state index contributed by atoms with van der Waals surface area (Å²) in [4.78, 5) is 10.3. The largest absolute Gasteiger partial charge is 0.491 e. The zero-order chi connectivity index (χ0) is 12.9. The Morgan fingerprint density at radius 1 is 1.29 bits per heavy atom. The van der Waals surface area contributed by atoms with Crippen LogP contribution in [0.1, 0.15) is 23.2 Å². The average molecular weight is 250 g/mol. The fraction of sp³-hybridized carbons (Fsp3) is 0.364. The molecule has 6 heteroatoms. The number of halogens is 4. The maximum atomic E-state index is 13.2. The van der Waals surface area contributed by atoms with Gasteiger partial charge in [-0.05, 0) is 24.6 Å². The third-order valence-electron chi connectivity index (χ3n) is 1.95. The second-order valence-corrected chi connectivity index (χ2v) is 3.37. The summed E-state index contributed by atoms with van der Waals surface area (Å²) in [6.07, 6.45) is -4.97. The summed E-state index contributed by atoms with van der Waals surface area (Å²) in [5, 5.41) is 0. The standard InChI is InChI=1S/C11H10F4O2/c12-9-6-8(7-16)2-3-10(9)17-5-1-4-11(13,14)15/h2-3,6-7H,1,4-5H2. The number of hydrogen-bond acceptors (Lipinski definition) is 2. The van der Waals surface area contributed by atoms with Crippen molar-refractivity contribution in [1.82, 2.24) is 0 Å². The quantitative estimate of drug-likeness (QED) is 0.455. The number of rotatable bonds is 5. The molecule has 1 aromatic rings. The molecule has 0 fully saturated rings. The van der Waals surface area contributed by atoms with Gasteiger partial charge >= 0.3 is 6.18 Å². The van der Waals surface area contributed by atoms with Crippen LogP contribution in [0, 0.1) is 5.82 Å². The number of hydrogen-bond donors (Lipinski definition) is 0. The normalized spacial score (nSPS) is 11.3. The first-order valence-electron chi connectivity index (χ1n) is 4.86. The van der Waals surface area contributed by atoms with Crippen molar-refractivity contribution in [3.8, 4) is 5.75 Å². The van der Waals surface area contributed by atoms with Gasteiger partial charge in [-0.1, -0.05) is 0 Å². The van der Waals surface area contributed by atoms with E-state index >= 15 is 0 Å². The lowest BCUT2D eigenvalue weighted by Crippen LogP contribution is -2.10. The van der Waals surface area contributed by atoms with E-state index in [0.717, 1.165) is 6.07 Å². The first-order chi connectivity index (χ1) is 7.92. The van der Waals surface area contributed by atoms with Crippen molar-refractivity contribution in [2.24, 2.45) is 0 Å². The lowest BCUT2D eigenvalue weighted by atomic mass is 10.2. The molecule has 0 saturated carbocycles. The molecule has 2 nitrogen and oxygen atoms in total. The van der Waals surface area contributed by atoms with E-state index in [1.807, 2.05) is 0 Å². The Kier molecular flexibility index (Phi) is 4.48. The number of benzene rings is 1. The molecule has 0 heterocycles. The minimum atomic E-state index is -4.23. The van der Waals surface area contributed by atoms with Gasteiger partial charge in [-0.15, -0.1) is 0 Å². The second kappa shape index (κ2) is 5.65. The van der Waals surface area contributed by atoms with Crippen LogP contribution >= 0.6 is 0 Å². The number of aldehydes is 1. The molecule has 0 bridgehead atoms. The van der Waals surface area contributed by atoms with Crippen LogP contribution in [0.15, 0.2) is 18.2 Å². The van der Waals surface area contributed by atoms with Crippen LogP contribution in [-0.2, 0) is 0 Å². The maximum absolute atomic E-state index is 13.2. The molecule has 0 spiro atoms. The molecular weight excluding hydrogens is 240 g/mol. The highest BCUT2D eigenvalue weighted by Gasteiger charge is 2.26. The number of carbonyl (C=O) groups excluding carboxylic acids is 1. The molecule has 94 valence electrons.